The van der Waals surface area contributed by atoms with E-state index in [2.05, 4.69) is 14.9 Å². The van der Waals surface area contributed by atoms with Crippen LogP contribution < -0.4 is 4.90 Å². The highest BCUT2D eigenvalue weighted by Crippen LogP contribution is 2.32. The topological polar surface area (TPSA) is 46.1 Å². The standard InChI is InChI=1S/C15H16ClN3O/c1-10-13(16)12-6-5-11(9-20)17-14(12)18-15(10)19-7-3-2-4-8-19/h5-6,9H,2-4,7-8H2,1H3. The van der Waals surface area contributed by atoms with Crippen molar-refractivity contribution >= 4 is 34.7 Å². The van der Waals surface area contributed by atoms with Crippen molar-refractivity contribution in [1.82, 2.24) is 9.97 Å². The summed E-state index contributed by atoms with van der Waals surface area (Å²) < 4.78 is 0. The van der Waals surface area contributed by atoms with Gasteiger partial charge < -0.3 is 4.90 Å². The van der Waals surface area contributed by atoms with Crippen molar-refractivity contribution in [3.63, 3.8) is 0 Å². The third-order valence-electron chi connectivity index (χ3n) is 3.79. The minimum Gasteiger partial charge on any atom is -0.356 e. The first-order chi connectivity index (χ1) is 9.70. The van der Waals surface area contributed by atoms with Gasteiger partial charge in [0.25, 0.3) is 0 Å². The van der Waals surface area contributed by atoms with E-state index in [1.807, 2.05) is 13.0 Å². The molecular weight excluding hydrogens is 274 g/mol. The van der Waals surface area contributed by atoms with E-state index < -0.39 is 0 Å². The van der Waals surface area contributed by atoms with Gasteiger partial charge in [0, 0.05) is 24.0 Å². The third kappa shape index (κ3) is 2.24. The molecule has 104 valence electrons. The van der Waals surface area contributed by atoms with Gasteiger partial charge in [-0.1, -0.05) is 11.6 Å². The Hall–Kier alpha value is -1.68. The number of rotatable bonds is 2. The maximum absolute atomic E-state index is 10.9. The highest BCUT2D eigenvalue weighted by molar-refractivity contribution is 6.36. The quantitative estimate of drug-likeness (QED) is 0.795. The molecule has 0 spiro atoms. The fraction of sp³-hybridized carbons (Fsp3) is 0.400. The summed E-state index contributed by atoms with van der Waals surface area (Å²) in [5, 5.41) is 1.48. The second kappa shape index (κ2) is 5.37. The molecule has 5 heteroatoms. The summed E-state index contributed by atoms with van der Waals surface area (Å²) in [5.41, 5.74) is 1.92. The van der Waals surface area contributed by atoms with E-state index in [9.17, 15) is 4.79 Å². The zero-order chi connectivity index (χ0) is 14.1. The van der Waals surface area contributed by atoms with Crippen LogP contribution in [-0.4, -0.2) is 29.3 Å². The van der Waals surface area contributed by atoms with Gasteiger partial charge in [-0.2, -0.15) is 0 Å². The molecule has 0 bridgehead atoms. The Kier molecular flexibility index (Phi) is 3.57. The van der Waals surface area contributed by atoms with Gasteiger partial charge in [0.05, 0.1) is 5.02 Å². The number of hydrogen-bond acceptors (Lipinski definition) is 4. The van der Waals surface area contributed by atoms with E-state index in [0.717, 1.165) is 36.1 Å². The van der Waals surface area contributed by atoms with E-state index in [1.165, 1.54) is 19.3 Å². The third-order valence-corrected chi connectivity index (χ3v) is 4.27. The lowest BCUT2D eigenvalue weighted by atomic mass is 10.1. The summed E-state index contributed by atoms with van der Waals surface area (Å²) in [5.74, 6) is 0.901. The molecule has 0 aliphatic carbocycles. The molecule has 0 amide bonds. The highest BCUT2D eigenvalue weighted by Gasteiger charge is 2.18. The first kappa shape index (κ1) is 13.3. The minimum atomic E-state index is 0.384. The van der Waals surface area contributed by atoms with Crippen molar-refractivity contribution in [3.05, 3.63) is 28.4 Å². The average Bonchev–Trinajstić information content (AvgIpc) is 2.51. The summed E-state index contributed by atoms with van der Waals surface area (Å²) in [4.78, 5) is 22.0. The van der Waals surface area contributed by atoms with Crippen LogP contribution in [0.15, 0.2) is 12.1 Å². The molecular formula is C15H16ClN3O. The number of piperidine rings is 1. The van der Waals surface area contributed by atoms with E-state index in [0.29, 0.717) is 16.4 Å². The van der Waals surface area contributed by atoms with Crippen LogP contribution >= 0.6 is 11.6 Å². The summed E-state index contributed by atoms with van der Waals surface area (Å²) in [7, 11) is 0. The first-order valence-electron chi connectivity index (χ1n) is 6.87. The van der Waals surface area contributed by atoms with Gasteiger partial charge in [0.1, 0.15) is 11.5 Å². The molecule has 0 aromatic carbocycles. The van der Waals surface area contributed by atoms with Crippen LogP contribution in [0.5, 0.6) is 0 Å². The fourth-order valence-electron chi connectivity index (χ4n) is 2.68. The summed E-state index contributed by atoms with van der Waals surface area (Å²) in [6, 6.07) is 3.48. The Morgan fingerprint density at radius 2 is 1.95 bits per heavy atom. The molecule has 3 heterocycles. The molecule has 3 rings (SSSR count). The summed E-state index contributed by atoms with van der Waals surface area (Å²) in [6.07, 6.45) is 4.36. The lowest BCUT2D eigenvalue weighted by Crippen LogP contribution is -2.31. The lowest BCUT2D eigenvalue weighted by molar-refractivity contribution is 0.111. The zero-order valence-corrected chi connectivity index (χ0v) is 12.2. The maximum atomic E-state index is 10.9. The molecule has 2 aromatic rings. The largest absolute Gasteiger partial charge is 0.356 e. The van der Waals surface area contributed by atoms with E-state index in [-0.39, 0.29) is 0 Å². The minimum absolute atomic E-state index is 0.384. The van der Waals surface area contributed by atoms with E-state index >= 15 is 0 Å². The molecule has 1 aliphatic rings. The maximum Gasteiger partial charge on any atom is 0.168 e. The predicted octanol–water partition coefficient (Wildman–Crippen LogP) is 3.39. The van der Waals surface area contributed by atoms with Crippen molar-refractivity contribution in [2.24, 2.45) is 0 Å². The average molecular weight is 290 g/mol. The molecule has 0 saturated carbocycles. The number of aldehydes is 1. The van der Waals surface area contributed by atoms with E-state index in [1.54, 1.807) is 6.07 Å². The van der Waals surface area contributed by atoms with Gasteiger partial charge in [-0.3, -0.25) is 4.79 Å². The molecule has 0 radical (unpaired) electrons. The van der Waals surface area contributed by atoms with Crippen molar-refractivity contribution < 1.29 is 4.79 Å². The summed E-state index contributed by atoms with van der Waals surface area (Å²) >= 11 is 6.45. The molecule has 0 unspecified atom stereocenters. The van der Waals surface area contributed by atoms with Crippen LogP contribution in [-0.2, 0) is 0 Å². The van der Waals surface area contributed by atoms with Gasteiger partial charge in [-0.05, 0) is 38.3 Å². The number of nitrogens with zero attached hydrogens (tertiary/aromatic N) is 3. The normalized spacial score (nSPS) is 15.6. The van der Waals surface area contributed by atoms with Gasteiger partial charge >= 0.3 is 0 Å². The number of halogens is 1. The van der Waals surface area contributed by atoms with Gasteiger partial charge in [0.2, 0.25) is 0 Å². The Labute approximate surface area is 122 Å². The molecule has 4 nitrogen and oxygen atoms in total. The van der Waals surface area contributed by atoms with E-state index in [4.69, 9.17) is 11.6 Å². The second-order valence-corrected chi connectivity index (χ2v) is 5.53. The summed E-state index contributed by atoms with van der Waals surface area (Å²) in [6.45, 7) is 4.00. The number of carbonyl (C=O) groups excluding carboxylic acids is 1. The van der Waals surface area contributed by atoms with Crippen LogP contribution in [0.4, 0.5) is 5.82 Å². The van der Waals surface area contributed by atoms with Gasteiger partial charge in [0.15, 0.2) is 11.9 Å². The van der Waals surface area contributed by atoms with Crippen LogP contribution in [0.25, 0.3) is 11.0 Å². The number of carbonyl (C=O) groups is 1. The van der Waals surface area contributed by atoms with Gasteiger partial charge in [-0.25, -0.2) is 9.97 Å². The molecule has 0 atom stereocenters. The number of fused-ring (bicyclic) bond motifs is 1. The number of aromatic nitrogens is 2. The number of hydrogen-bond donors (Lipinski definition) is 0. The van der Waals surface area contributed by atoms with Crippen LogP contribution in [0, 0.1) is 6.92 Å². The van der Waals surface area contributed by atoms with Gasteiger partial charge in [-0.15, -0.1) is 0 Å². The van der Waals surface area contributed by atoms with Crippen molar-refractivity contribution in [2.45, 2.75) is 26.2 Å². The Bertz CT molecular complexity index is 666. The first-order valence-corrected chi connectivity index (χ1v) is 7.25. The second-order valence-electron chi connectivity index (χ2n) is 5.15. The zero-order valence-electron chi connectivity index (χ0n) is 11.4. The molecule has 20 heavy (non-hydrogen) atoms. The van der Waals surface area contributed by atoms with Crippen molar-refractivity contribution in [1.29, 1.82) is 0 Å². The molecule has 0 N–H and O–H groups in total. The Morgan fingerprint density at radius 3 is 2.65 bits per heavy atom. The van der Waals surface area contributed by atoms with Crippen LogP contribution in [0.3, 0.4) is 0 Å². The van der Waals surface area contributed by atoms with Crippen LogP contribution in [0.1, 0.15) is 35.3 Å². The SMILES string of the molecule is Cc1c(N2CCCCC2)nc2nc(C=O)ccc2c1Cl. The Balaban J connectivity index is 2.16. The van der Waals surface area contributed by atoms with Crippen molar-refractivity contribution in [2.75, 3.05) is 18.0 Å². The highest BCUT2D eigenvalue weighted by atomic mass is 35.5. The fourth-order valence-corrected chi connectivity index (χ4v) is 2.92. The van der Waals surface area contributed by atoms with Crippen LogP contribution in [0.2, 0.25) is 5.02 Å². The molecule has 1 fully saturated rings. The lowest BCUT2D eigenvalue weighted by Gasteiger charge is -2.29. The Morgan fingerprint density at radius 1 is 1.20 bits per heavy atom. The monoisotopic (exact) mass is 289 g/mol. The number of anilines is 1. The molecule has 1 aliphatic heterocycles. The smallest absolute Gasteiger partial charge is 0.168 e. The molecule has 1 saturated heterocycles. The molecule has 2 aromatic heterocycles. The predicted molar refractivity (Wildman–Crippen MR) is 80.7 cm³/mol. The van der Waals surface area contributed by atoms with Crippen molar-refractivity contribution in [3.8, 4) is 0 Å². The number of pyridine rings is 2.